The van der Waals surface area contributed by atoms with E-state index < -0.39 is 17.7 Å². The van der Waals surface area contributed by atoms with Crippen LogP contribution in [0.15, 0.2) is 67.4 Å². The van der Waals surface area contributed by atoms with Crippen LogP contribution < -0.4 is 0 Å². The molecule has 172 valence electrons. The molecule has 34 heavy (non-hydrogen) atoms. The van der Waals surface area contributed by atoms with E-state index in [2.05, 4.69) is 21.4 Å². The molecule has 1 fully saturated rings. The highest BCUT2D eigenvalue weighted by Crippen LogP contribution is 2.38. The third kappa shape index (κ3) is 4.39. The molecule has 9 nitrogen and oxygen atoms in total. The second-order valence-corrected chi connectivity index (χ2v) is 8.06. The summed E-state index contributed by atoms with van der Waals surface area (Å²) in [5, 5.41) is 26.9. The first-order chi connectivity index (χ1) is 16.5. The number of aromatic hydroxyl groups is 1. The molecule has 0 bridgehead atoms. The Morgan fingerprint density at radius 2 is 2.09 bits per heavy atom. The highest BCUT2D eigenvalue weighted by molar-refractivity contribution is 5.58. The van der Waals surface area contributed by atoms with Gasteiger partial charge in [-0.2, -0.15) is 5.26 Å². The number of aromatic nitrogens is 5. The number of phenolic OH excluding ortho intramolecular Hbond substituents is 1. The predicted molar refractivity (Wildman–Crippen MR) is 118 cm³/mol. The van der Waals surface area contributed by atoms with Crippen LogP contribution >= 0.6 is 0 Å². The number of rotatable bonds is 7. The molecule has 0 spiro atoms. The summed E-state index contributed by atoms with van der Waals surface area (Å²) < 4.78 is 30.5. The average molecular weight is 460 g/mol. The Morgan fingerprint density at radius 1 is 1.24 bits per heavy atom. The van der Waals surface area contributed by atoms with Crippen molar-refractivity contribution < 1.29 is 19.0 Å². The Kier molecular flexibility index (Phi) is 5.79. The topological polar surface area (TPSA) is 111 Å². The number of nitrogens with zero attached hydrogens (tertiary/aromatic N) is 6. The van der Waals surface area contributed by atoms with Crippen LogP contribution in [0.5, 0.6) is 5.75 Å². The molecule has 0 radical (unpaired) electrons. The van der Waals surface area contributed by atoms with Gasteiger partial charge in [-0.3, -0.25) is 0 Å². The van der Waals surface area contributed by atoms with Crippen molar-refractivity contribution in [3.05, 3.63) is 84.3 Å². The third-order valence-electron chi connectivity index (χ3n) is 5.63. The molecule has 1 aliphatic rings. The maximum atomic E-state index is 14.8. The fourth-order valence-electron chi connectivity index (χ4n) is 4.01. The number of imidazole rings is 1. The summed E-state index contributed by atoms with van der Waals surface area (Å²) in [6.07, 6.45) is 6.71. The summed E-state index contributed by atoms with van der Waals surface area (Å²) in [5.41, 5.74) is 2.71. The van der Waals surface area contributed by atoms with Crippen LogP contribution in [0.3, 0.4) is 0 Å². The summed E-state index contributed by atoms with van der Waals surface area (Å²) in [6.45, 7) is 0.751. The fourth-order valence-corrected chi connectivity index (χ4v) is 4.01. The number of hydrogen-bond acceptors (Lipinski definition) is 7. The molecule has 1 aliphatic heterocycles. The fraction of sp³-hybridized carbons (Fsp3) is 0.250. The van der Waals surface area contributed by atoms with Crippen molar-refractivity contribution in [2.75, 3.05) is 6.61 Å². The van der Waals surface area contributed by atoms with E-state index in [0.29, 0.717) is 18.7 Å². The van der Waals surface area contributed by atoms with Gasteiger partial charge >= 0.3 is 0 Å². The van der Waals surface area contributed by atoms with E-state index in [1.165, 1.54) is 12.1 Å². The monoisotopic (exact) mass is 460 g/mol. The Labute approximate surface area is 194 Å². The van der Waals surface area contributed by atoms with Crippen LogP contribution in [0.2, 0.25) is 0 Å². The smallest absolute Gasteiger partial charge is 0.216 e. The van der Waals surface area contributed by atoms with Crippen molar-refractivity contribution in [1.29, 1.82) is 5.26 Å². The van der Waals surface area contributed by atoms with Crippen molar-refractivity contribution in [2.45, 2.75) is 31.4 Å². The van der Waals surface area contributed by atoms with Crippen molar-refractivity contribution >= 4 is 0 Å². The summed E-state index contributed by atoms with van der Waals surface area (Å²) in [4.78, 5) is 4.04. The van der Waals surface area contributed by atoms with Gasteiger partial charge in [-0.05, 0) is 17.7 Å². The van der Waals surface area contributed by atoms with Crippen molar-refractivity contribution in [1.82, 2.24) is 24.5 Å². The van der Waals surface area contributed by atoms with E-state index >= 15 is 0 Å². The summed E-state index contributed by atoms with van der Waals surface area (Å²) in [7, 11) is 0. The molecule has 0 unspecified atom stereocenters. The second kappa shape index (κ2) is 9.05. The van der Waals surface area contributed by atoms with Gasteiger partial charge in [0.2, 0.25) is 5.79 Å². The maximum Gasteiger partial charge on any atom is 0.216 e. The quantitative estimate of drug-likeness (QED) is 0.451. The standard InChI is InChI=1S/C24H21FN6O3/c25-22-11-19(32)5-6-21(22)24(15-30-10-9-27-16-30)33-14-20(34-24)12-31-13-23(28-29-31)18-3-1-17(2-4-18)7-8-26/h1-6,9-11,13,16,20,32H,7,12,14-15H2/t20-,24-/m0/s1. The second-order valence-electron chi connectivity index (χ2n) is 8.06. The van der Waals surface area contributed by atoms with Crippen molar-refractivity contribution in [2.24, 2.45) is 0 Å². The number of halogens is 1. The number of benzene rings is 2. The first kappa shape index (κ1) is 21.8. The molecule has 0 saturated carbocycles. The Morgan fingerprint density at radius 3 is 2.82 bits per heavy atom. The lowest BCUT2D eigenvalue weighted by atomic mass is 10.0. The van der Waals surface area contributed by atoms with Crippen LogP contribution in [-0.2, 0) is 34.8 Å². The molecule has 0 amide bonds. The molecule has 2 aromatic heterocycles. The van der Waals surface area contributed by atoms with E-state index in [4.69, 9.17) is 14.7 Å². The minimum atomic E-state index is -1.39. The van der Waals surface area contributed by atoms with E-state index in [-0.39, 0.29) is 24.5 Å². The van der Waals surface area contributed by atoms with Gasteiger partial charge < -0.3 is 19.1 Å². The normalized spacial score (nSPS) is 19.8. The van der Waals surface area contributed by atoms with Crippen LogP contribution in [0.4, 0.5) is 4.39 Å². The lowest BCUT2D eigenvalue weighted by Crippen LogP contribution is -2.35. The number of ether oxygens (including phenoxy) is 2. The van der Waals surface area contributed by atoms with E-state index in [1.54, 1.807) is 34.2 Å². The molecular weight excluding hydrogens is 439 g/mol. The highest BCUT2D eigenvalue weighted by Gasteiger charge is 2.45. The average Bonchev–Trinajstić information content (AvgIpc) is 3.58. The molecule has 3 heterocycles. The van der Waals surface area contributed by atoms with Crippen molar-refractivity contribution in [3.8, 4) is 23.1 Å². The molecule has 5 rings (SSSR count). The van der Waals surface area contributed by atoms with Crippen LogP contribution in [-0.4, -0.2) is 42.4 Å². The van der Waals surface area contributed by atoms with Crippen LogP contribution in [0, 0.1) is 17.1 Å². The summed E-state index contributed by atoms with van der Waals surface area (Å²) in [5.74, 6) is -2.18. The van der Waals surface area contributed by atoms with Crippen molar-refractivity contribution in [3.63, 3.8) is 0 Å². The first-order valence-electron chi connectivity index (χ1n) is 10.7. The Balaban J connectivity index is 1.34. The molecule has 2 aromatic carbocycles. The molecule has 1 saturated heterocycles. The Hall–Kier alpha value is -4.07. The number of phenols is 1. The zero-order valence-electron chi connectivity index (χ0n) is 18.1. The molecule has 0 aliphatic carbocycles. The molecule has 1 N–H and O–H groups in total. The van der Waals surface area contributed by atoms with Crippen LogP contribution in [0.1, 0.15) is 11.1 Å². The number of hydrogen-bond donors (Lipinski definition) is 1. The van der Waals surface area contributed by atoms with E-state index in [0.717, 1.165) is 17.2 Å². The molecule has 2 atom stereocenters. The van der Waals surface area contributed by atoms with Crippen LogP contribution in [0.25, 0.3) is 11.3 Å². The highest BCUT2D eigenvalue weighted by atomic mass is 19.1. The van der Waals surface area contributed by atoms with Gasteiger partial charge in [-0.25, -0.2) is 14.1 Å². The lowest BCUT2D eigenvalue weighted by Gasteiger charge is -2.29. The van der Waals surface area contributed by atoms with Gasteiger partial charge in [-0.15, -0.1) is 5.10 Å². The molecular formula is C24H21FN6O3. The lowest BCUT2D eigenvalue weighted by molar-refractivity contribution is -0.190. The zero-order chi connectivity index (χ0) is 23.5. The van der Waals surface area contributed by atoms with E-state index in [1.807, 2.05) is 24.3 Å². The van der Waals surface area contributed by atoms with Gasteiger partial charge in [0.25, 0.3) is 0 Å². The van der Waals surface area contributed by atoms with Gasteiger partial charge in [-0.1, -0.05) is 29.5 Å². The van der Waals surface area contributed by atoms with Gasteiger partial charge in [0.15, 0.2) is 0 Å². The molecule has 4 aromatic rings. The first-order valence-corrected chi connectivity index (χ1v) is 10.7. The van der Waals surface area contributed by atoms with E-state index in [9.17, 15) is 9.50 Å². The Bertz CT molecular complexity index is 1320. The SMILES string of the molecule is N#CCc1ccc(-c2cn(C[C@H]3CO[C@](Cn4ccnc4)(c4ccc(O)cc4F)O3)nn2)cc1. The number of nitriles is 1. The minimum absolute atomic E-state index is 0.177. The zero-order valence-corrected chi connectivity index (χ0v) is 18.1. The van der Waals surface area contributed by atoms with Gasteiger partial charge in [0.1, 0.15) is 23.4 Å². The summed E-state index contributed by atoms with van der Waals surface area (Å²) in [6, 6.07) is 13.6. The third-order valence-corrected chi connectivity index (χ3v) is 5.63. The largest absolute Gasteiger partial charge is 0.508 e. The summed E-state index contributed by atoms with van der Waals surface area (Å²) >= 11 is 0. The minimum Gasteiger partial charge on any atom is -0.508 e. The maximum absolute atomic E-state index is 14.8. The van der Waals surface area contributed by atoms with Gasteiger partial charge in [0, 0.05) is 29.6 Å². The van der Waals surface area contributed by atoms with Gasteiger partial charge in [0.05, 0.1) is 44.7 Å². The molecule has 10 heteroatoms. The predicted octanol–water partition coefficient (Wildman–Crippen LogP) is 3.02.